The molecule has 0 saturated carbocycles. The minimum atomic E-state index is -0.215. The van der Waals surface area contributed by atoms with Gasteiger partial charge in [-0.2, -0.15) is 5.10 Å². The second kappa shape index (κ2) is 7.41. The topological polar surface area (TPSA) is 67.5 Å². The first-order valence-electron chi connectivity index (χ1n) is 8.54. The molecule has 6 nitrogen and oxygen atoms in total. The number of anilines is 1. The van der Waals surface area contributed by atoms with Crippen LogP contribution in [-0.2, 0) is 5.75 Å². The van der Waals surface area contributed by atoms with E-state index in [2.05, 4.69) is 16.3 Å². The van der Waals surface area contributed by atoms with Crippen molar-refractivity contribution in [1.82, 2.24) is 10.2 Å². The van der Waals surface area contributed by atoms with Crippen molar-refractivity contribution in [1.29, 1.82) is 0 Å². The number of rotatable bonds is 4. The standard InChI is InChI=1S/C20H18ClN3O3S/c1-24(14-8-13(21)15(26-2)9-16(14)27-3)20(25)19-12-10-28-17-7-5-4-6-11(17)18(12)22-23-19/h4-9H,10H2,1-3H3,(H,22,23). The lowest BCUT2D eigenvalue weighted by Gasteiger charge is -2.22. The Kier molecular flexibility index (Phi) is 4.95. The Balaban J connectivity index is 1.72. The number of thioether (sulfide) groups is 1. The molecule has 0 bridgehead atoms. The first-order chi connectivity index (χ1) is 13.5. The van der Waals surface area contributed by atoms with Gasteiger partial charge in [-0.05, 0) is 12.1 Å². The number of carbonyl (C=O) groups excluding carboxylic acids is 1. The van der Waals surface area contributed by atoms with Gasteiger partial charge in [0.1, 0.15) is 17.2 Å². The molecule has 0 unspecified atom stereocenters. The number of methoxy groups -OCH3 is 2. The lowest BCUT2D eigenvalue weighted by Crippen LogP contribution is -2.28. The Morgan fingerprint density at radius 2 is 1.96 bits per heavy atom. The molecule has 2 heterocycles. The number of amides is 1. The third-order valence-electron chi connectivity index (χ3n) is 4.71. The molecule has 1 aliphatic heterocycles. The number of hydrogen-bond acceptors (Lipinski definition) is 5. The summed E-state index contributed by atoms with van der Waals surface area (Å²) in [5.74, 6) is 1.44. The predicted molar refractivity (Wildman–Crippen MR) is 111 cm³/mol. The SMILES string of the molecule is COc1cc(OC)c(N(C)C(=O)c2[nH]nc3c2CSc2ccccc2-3)cc1Cl. The van der Waals surface area contributed by atoms with Gasteiger partial charge in [0.05, 0.1) is 30.6 Å². The largest absolute Gasteiger partial charge is 0.495 e. The molecule has 0 saturated heterocycles. The average Bonchev–Trinajstić information content (AvgIpc) is 3.17. The normalized spacial score (nSPS) is 12.1. The quantitative estimate of drug-likeness (QED) is 0.672. The number of ether oxygens (including phenoxy) is 2. The molecular formula is C20H18ClN3O3S. The minimum Gasteiger partial charge on any atom is -0.495 e. The van der Waals surface area contributed by atoms with E-state index in [9.17, 15) is 4.79 Å². The van der Waals surface area contributed by atoms with Crippen molar-refractivity contribution in [2.45, 2.75) is 10.6 Å². The van der Waals surface area contributed by atoms with Crippen molar-refractivity contribution in [2.75, 3.05) is 26.2 Å². The Labute approximate surface area is 171 Å². The number of fused-ring (bicyclic) bond motifs is 3. The van der Waals surface area contributed by atoms with E-state index < -0.39 is 0 Å². The maximum absolute atomic E-state index is 13.2. The molecule has 0 radical (unpaired) electrons. The van der Waals surface area contributed by atoms with Gasteiger partial charge < -0.3 is 14.4 Å². The van der Waals surface area contributed by atoms with Crippen LogP contribution < -0.4 is 14.4 Å². The summed E-state index contributed by atoms with van der Waals surface area (Å²) >= 11 is 7.96. The van der Waals surface area contributed by atoms with Gasteiger partial charge in [-0.15, -0.1) is 11.8 Å². The van der Waals surface area contributed by atoms with Gasteiger partial charge in [0.25, 0.3) is 5.91 Å². The smallest absolute Gasteiger partial charge is 0.276 e. The Morgan fingerprint density at radius 3 is 2.71 bits per heavy atom. The lowest BCUT2D eigenvalue weighted by molar-refractivity contribution is 0.0987. The number of benzene rings is 2. The summed E-state index contributed by atoms with van der Waals surface area (Å²) in [5, 5.41) is 7.75. The molecule has 144 valence electrons. The van der Waals surface area contributed by atoms with Crippen LogP contribution in [0, 0.1) is 0 Å². The summed E-state index contributed by atoms with van der Waals surface area (Å²) in [6, 6.07) is 11.4. The minimum absolute atomic E-state index is 0.215. The fourth-order valence-corrected chi connectivity index (χ4v) is 4.54. The molecule has 0 aliphatic carbocycles. The van der Waals surface area contributed by atoms with Crippen molar-refractivity contribution < 1.29 is 14.3 Å². The van der Waals surface area contributed by atoms with Crippen molar-refractivity contribution in [3.05, 3.63) is 52.7 Å². The Bertz CT molecular complexity index is 1070. The molecular weight excluding hydrogens is 398 g/mol. The third kappa shape index (κ3) is 3.00. The van der Waals surface area contributed by atoms with E-state index in [0.717, 1.165) is 21.7 Å². The zero-order chi connectivity index (χ0) is 19.8. The van der Waals surface area contributed by atoms with Crippen LogP contribution in [0.3, 0.4) is 0 Å². The second-order valence-corrected chi connectivity index (χ2v) is 7.66. The number of aromatic nitrogens is 2. The summed E-state index contributed by atoms with van der Waals surface area (Å²) in [5.41, 5.74) is 3.78. The molecule has 0 fully saturated rings. The van der Waals surface area contributed by atoms with Gasteiger partial charge in [0, 0.05) is 34.9 Å². The van der Waals surface area contributed by atoms with Crippen LogP contribution in [-0.4, -0.2) is 37.4 Å². The van der Waals surface area contributed by atoms with Crippen LogP contribution >= 0.6 is 23.4 Å². The van der Waals surface area contributed by atoms with Crippen molar-refractivity contribution >= 4 is 35.0 Å². The van der Waals surface area contributed by atoms with Gasteiger partial charge in [0.2, 0.25) is 0 Å². The van der Waals surface area contributed by atoms with Crippen molar-refractivity contribution in [3.8, 4) is 22.8 Å². The van der Waals surface area contributed by atoms with E-state index in [4.69, 9.17) is 21.1 Å². The van der Waals surface area contributed by atoms with Crippen LogP contribution in [0.5, 0.6) is 11.5 Å². The highest BCUT2D eigenvalue weighted by molar-refractivity contribution is 7.98. The van der Waals surface area contributed by atoms with E-state index in [1.807, 2.05) is 18.2 Å². The summed E-state index contributed by atoms with van der Waals surface area (Å²) in [6.45, 7) is 0. The molecule has 4 rings (SSSR count). The van der Waals surface area contributed by atoms with E-state index in [1.54, 1.807) is 30.9 Å². The molecule has 1 N–H and O–H groups in total. The van der Waals surface area contributed by atoms with Crippen LogP contribution in [0.2, 0.25) is 5.02 Å². The number of carbonyl (C=O) groups is 1. The van der Waals surface area contributed by atoms with Crippen LogP contribution in [0.15, 0.2) is 41.3 Å². The van der Waals surface area contributed by atoms with Gasteiger partial charge in [-0.3, -0.25) is 9.89 Å². The zero-order valence-corrected chi connectivity index (χ0v) is 17.1. The fraction of sp³-hybridized carbons (Fsp3) is 0.200. The maximum atomic E-state index is 13.2. The highest BCUT2D eigenvalue weighted by Gasteiger charge is 2.28. The molecule has 2 aromatic carbocycles. The summed E-state index contributed by atoms with van der Waals surface area (Å²) in [4.78, 5) is 15.9. The average molecular weight is 416 g/mol. The molecule has 1 amide bonds. The highest BCUT2D eigenvalue weighted by atomic mass is 35.5. The lowest BCUT2D eigenvalue weighted by atomic mass is 10.1. The van der Waals surface area contributed by atoms with Gasteiger partial charge in [-0.25, -0.2) is 0 Å². The number of H-pyrrole nitrogens is 1. The van der Waals surface area contributed by atoms with Crippen LogP contribution in [0.1, 0.15) is 16.1 Å². The molecule has 28 heavy (non-hydrogen) atoms. The summed E-state index contributed by atoms with van der Waals surface area (Å²) in [7, 11) is 4.75. The second-order valence-electron chi connectivity index (χ2n) is 6.23. The molecule has 1 aliphatic rings. The number of nitrogens with zero attached hydrogens (tertiary/aromatic N) is 2. The van der Waals surface area contributed by atoms with Crippen molar-refractivity contribution in [3.63, 3.8) is 0 Å². The first kappa shape index (κ1) is 18.7. The van der Waals surface area contributed by atoms with Crippen LogP contribution in [0.4, 0.5) is 5.69 Å². The van der Waals surface area contributed by atoms with Crippen LogP contribution in [0.25, 0.3) is 11.3 Å². The van der Waals surface area contributed by atoms with E-state index in [1.165, 1.54) is 19.1 Å². The maximum Gasteiger partial charge on any atom is 0.276 e. The monoisotopic (exact) mass is 415 g/mol. The molecule has 0 spiro atoms. The van der Waals surface area contributed by atoms with E-state index in [-0.39, 0.29) is 5.91 Å². The molecule has 3 aromatic rings. The molecule has 8 heteroatoms. The number of nitrogens with one attached hydrogen (secondary N) is 1. The fourth-order valence-electron chi connectivity index (χ4n) is 3.23. The summed E-state index contributed by atoms with van der Waals surface area (Å²) in [6.07, 6.45) is 0. The predicted octanol–water partition coefficient (Wildman–Crippen LogP) is 4.63. The van der Waals surface area contributed by atoms with Gasteiger partial charge in [-0.1, -0.05) is 29.8 Å². The number of aromatic amines is 1. The number of hydrogen-bond donors (Lipinski definition) is 1. The van der Waals surface area contributed by atoms with Gasteiger partial charge in [0.15, 0.2) is 0 Å². The highest BCUT2D eigenvalue weighted by Crippen LogP contribution is 2.42. The zero-order valence-electron chi connectivity index (χ0n) is 15.6. The van der Waals surface area contributed by atoms with E-state index in [0.29, 0.717) is 33.7 Å². The number of halogens is 1. The van der Waals surface area contributed by atoms with Crippen molar-refractivity contribution in [2.24, 2.45) is 0 Å². The Morgan fingerprint density at radius 1 is 1.21 bits per heavy atom. The Hall–Kier alpha value is -2.64. The third-order valence-corrected chi connectivity index (χ3v) is 6.11. The molecule has 1 aromatic heterocycles. The first-order valence-corrected chi connectivity index (χ1v) is 9.90. The van der Waals surface area contributed by atoms with E-state index >= 15 is 0 Å². The molecule has 0 atom stereocenters. The summed E-state index contributed by atoms with van der Waals surface area (Å²) < 4.78 is 10.7. The van der Waals surface area contributed by atoms with Gasteiger partial charge >= 0.3 is 0 Å².